The molecule has 0 aliphatic rings. The van der Waals surface area contributed by atoms with Crippen molar-refractivity contribution in [1.82, 2.24) is 5.32 Å². The van der Waals surface area contributed by atoms with E-state index in [1.54, 1.807) is 0 Å². The van der Waals surface area contributed by atoms with Gasteiger partial charge in [0.1, 0.15) is 0 Å². The van der Waals surface area contributed by atoms with Gasteiger partial charge in [-0.05, 0) is 25.0 Å². The van der Waals surface area contributed by atoms with Crippen LogP contribution in [0.1, 0.15) is 19.3 Å². The van der Waals surface area contributed by atoms with Crippen LogP contribution in [0.25, 0.3) is 0 Å². The maximum atomic E-state index is 10.7. The predicted octanol–water partition coefficient (Wildman–Crippen LogP) is 1.21. The number of allylic oxidation sites excluding steroid dienone is 1. The van der Waals surface area contributed by atoms with E-state index in [1.165, 1.54) is 12.2 Å². The molecule has 0 saturated carbocycles. The molecule has 0 aliphatic heterocycles. The Morgan fingerprint density at radius 2 is 1.85 bits per heavy atom. The first-order chi connectivity index (χ1) is 6.20. The Morgan fingerprint density at radius 1 is 1.15 bits per heavy atom. The van der Waals surface area contributed by atoms with Gasteiger partial charge in [-0.3, -0.25) is 9.59 Å². The summed E-state index contributed by atoms with van der Waals surface area (Å²) in [6.45, 7) is 7.28. The summed E-state index contributed by atoms with van der Waals surface area (Å²) in [4.78, 5) is 21.4. The molecule has 0 aromatic carbocycles. The summed E-state index contributed by atoms with van der Waals surface area (Å²) in [5, 5.41) is 2.63. The minimum Gasteiger partial charge on any atom is -0.353 e. The molecule has 0 heterocycles. The smallest absolute Gasteiger partial charge is 0.243 e. The predicted molar refractivity (Wildman–Crippen MR) is 52.3 cm³/mol. The Hall–Kier alpha value is -1.38. The van der Waals surface area contributed by atoms with Gasteiger partial charge in [0.2, 0.25) is 5.91 Å². The fourth-order valence-corrected chi connectivity index (χ4v) is 0.810. The fraction of sp³-hybridized carbons (Fsp3) is 0.400. The third kappa shape index (κ3) is 7.00. The highest BCUT2D eigenvalue weighted by atomic mass is 16.1. The molecule has 3 heteroatoms. The molecule has 0 fully saturated rings. The van der Waals surface area contributed by atoms with Crippen LogP contribution in [0.15, 0.2) is 25.3 Å². The monoisotopic (exact) mass is 181 g/mol. The molecule has 0 atom stereocenters. The summed E-state index contributed by atoms with van der Waals surface area (Å²) in [5.41, 5.74) is 0. The molecule has 1 N–H and O–H groups in total. The highest BCUT2D eigenvalue weighted by molar-refractivity contribution is 5.89. The largest absolute Gasteiger partial charge is 0.353 e. The number of hydrogen-bond acceptors (Lipinski definition) is 2. The molecule has 0 aliphatic carbocycles. The average molecular weight is 181 g/mol. The molecular formula is C10H15NO2. The molecule has 3 nitrogen and oxygen atoms in total. The standard InChI is InChI=1S/C10H15NO2/c1-3-9(12)7-5-6-8-11-10(13)4-2/h3-4H,1-2,5-8H2,(H,11,13). The van der Waals surface area contributed by atoms with Crippen LogP contribution in [-0.2, 0) is 9.59 Å². The third-order valence-electron chi connectivity index (χ3n) is 1.56. The molecule has 0 spiro atoms. The van der Waals surface area contributed by atoms with Crippen LogP contribution in [0.3, 0.4) is 0 Å². The van der Waals surface area contributed by atoms with E-state index in [0.717, 1.165) is 12.8 Å². The molecule has 0 saturated heterocycles. The van der Waals surface area contributed by atoms with Crippen molar-refractivity contribution in [1.29, 1.82) is 0 Å². The molecule has 0 rings (SSSR count). The van der Waals surface area contributed by atoms with Crippen LogP contribution in [0.5, 0.6) is 0 Å². The maximum absolute atomic E-state index is 10.7. The second-order valence-electron chi connectivity index (χ2n) is 2.62. The fourth-order valence-electron chi connectivity index (χ4n) is 0.810. The molecule has 0 bridgehead atoms. The zero-order valence-corrected chi connectivity index (χ0v) is 7.71. The SMILES string of the molecule is C=CC(=O)CCCCNC(=O)C=C. The van der Waals surface area contributed by atoms with E-state index in [0.29, 0.717) is 13.0 Å². The van der Waals surface area contributed by atoms with Gasteiger partial charge in [0.25, 0.3) is 0 Å². The van der Waals surface area contributed by atoms with E-state index >= 15 is 0 Å². The van der Waals surface area contributed by atoms with Crippen molar-refractivity contribution < 1.29 is 9.59 Å². The summed E-state index contributed by atoms with van der Waals surface area (Å²) >= 11 is 0. The number of hydrogen-bond donors (Lipinski definition) is 1. The van der Waals surface area contributed by atoms with Crippen molar-refractivity contribution in [3.63, 3.8) is 0 Å². The maximum Gasteiger partial charge on any atom is 0.243 e. The van der Waals surface area contributed by atoms with Crippen LogP contribution >= 0.6 is 0 Å². The number of amides is 1. The van der Waals surface area contributed by atoms with Gasteiger partial charge in [-0.15, -0.1) is 0 Å². The van der Waals surface area contributed by atoms with Gasteiger partial charge in [-0.25, -0.2) is 0 Å². The van der Waals surface area contributed by atoms with Crippen molar-refractivity contribution in [2.45, 2.75) is 19.3 Å². The number of unbranched alkanes of at least 4 members (excludes halogenated alkanes) is 1. The molecule has 0 aromatic heterocycles. The minimum absolute atomic E-state index is 0.0510. The summed E-state index contributed by atoms with van der Waals surface area (Å²) in [6, 6.07) is 0. The van der Waals surface area contributed by atoms with Gasteiger partial charge in [0.05, 0.1) is 0 Å². The van der Waals surface area contributed by atoms with Crippen LogP contribution in [0.2, 0.25) is 0 Å². The Balaban J connectivity index is 3.26. The van der Waals surface area contributed by atoms with Crippen LogP contribution in [0.4, 0.5) is 0 Å². The number of nitrogens with one attached hydrogen (secondary N) is 1. The second kappa shape index (κ2) is 7.28. The minimum atomic E-state index is -0.171. The van der Waals surface area contributed by atoms with Gasteiger partial charge >= 0.3 is 0 Å². The lowest BCUT2D eigenvalue weighted by Gasteiger charge is -2.00. The van der Waals surface area contributed by atoms with Crippen LogP contribution in [0, 0.1) is 0 Å². The van der Waals surface area contributed by atoms with Crippen molar-refractivity contribution in [3.05, 3.63) is 25.3 Å². The highest BCUT2D eigenvalue weighted by Crippen LogP contribution is 1.95. The normalized spacial score (nSPS) is 8.92. The van der Waals surface area contributed by atoms with E-state index < -0.39 is 0 Å². The van der Waals surface area contributed by atoms with Gasteiger partial charge < -0.3 is 5.32 Å². The summed E-state index contributed by atoms with van der Waals surface area (Å²) in [6.07, 6.45) is 4.64. The van der Waals surface area contributed by atoms with Gasteiger partial charge in [-0.2, -0.15) is 0 Å². The number of carbonyl (C=O) groups is 2. The molecule has 1 amide bonds. The molecular weight excluding hydrogens is 166 g/mol. The van der Waals surface area contributed by atoms with Crippen LogP contribution < -0.4 is 5.32 Å². The lowest BCUT2D eigenvalue weighted by atomic mass is 10.2. The van der Waals surface area contributed by atoms with E-state index in [-0.39, 0.29) is 11.7 Å². The molecule has 72 valence electrons. The second-order valence-corrected chi connectivity index (χ2v) is 2.62. The Kier molecular flexibility index (Phi) is 6.51. The first-order valence-electron chi connectivity index (χ1n) is 4.26. The first-order valence-corrected chi connectivity index (χ1v) is 4.26. The first kappa shape index (κ1) is 11.6. The van der Waals surface area contributed by atoms with Crippen molar-refractivity contribution in [2.75, 3.05) is 6.54 Å². The molecule has 0 unspecified atom stereocenters. The quantitative estimate of drug-likeness (QED) is 0.474. The Labute approximate surface area is 78.5 Å². The van der Waals surface area contributed by atoms with E-state index in [4.69, 9.17) is 0 Å². The topological polar surface area (TPSA) is 46.2 Å². The van der Waals surface area contributed by atoms with Crippen molar-refractivity contribution >= 4 is 11.7 Å². The molecule has 0 radical (unpaired) electrons. The Morgan fingerprint density at radius 3 is 2.38 bits per heavy atom. The average Bonchev–Trinajstić information content (AvgIpc) is 2.16. The third-order valence-corrected chi connectivity index (χ3v) is 1.56. The highest BCUT2D eigenvalue weighted by Gasteiger charge is 1.96. The number of rotatable bonds is 7. The zero-order chi connectivity index (χ0) is 10.1. The summed E-state index contributed by atoms with van der Waals surface area (Å²) in [5.74, 6) is -0.120. The lowest BCUT2D eigenvalue weighted by molar-refractivity contribution is -0.116. The van der Waals surface area contributed by atoms with Crippen molar-refractivity contribution in [3.8, 4) is 0 Å². The van der Waals surface area contributed by atoms with E-state index in [2.05, 4.69) is 18.5 Å². The van der Waals surface area contributed by atoms with Crippen LogP contribution in [-0.4, -0.2) is 18.2 Å². The van der Waals surface area contributed by atoms with Crippen molar-refractivity contribution in [2.24, 2.45) is 0 Å². The number of carbonyl (C=O) groups excluding carboxylic acids is 2. The lowest BCUT2D eigenvalue weighted by Crippen LogP contribution is -2.21. The molecule has 0 aromatic rings. The van der Waals surface area contributed by atoms with E-state index in [1.807, 2.05) is 0 Å². The van der Waals surface area contributed by atoms with Gasteiger partial charge in [0, 0.05) is 13.0 Å². The summed E-state index contributed by atoms with van der Waals surface area (Å²) in [7, 11) is 0. The van der Waals surface area contributed by atoms with Gasteiger partial charge in [0.15, 0.2) is 5.78 Å². The van der Waals surface area contributed by atoms with Gasteiger partial charge in [-0.1, -0.05) is 13.2 Å². The van der Waals surface area contributed by atoms with E-state index in [9.17, 15) is 9.59 Å². The molecule has 13 heavy (non-hydrogen) atoms. The number of ketones is 1. The Bertz CT molecular complexity index is 187. The zero-order valence-electron chi connectivity index (χ0n) is 7.71. The summed E-state index contributed by atoms with van der Waals surface area (Å²) < 4.78 is 0.